The summed E-state index contributed by atoms with van der Waals surface area (Å²) in [5, 5.41) is 8.11. The molecule has 0 saturated carbocycles. The largest absolute Gasteiger partial charge is 0.444 e. The van der Waals surface area contributed by atoms with E-state index in [0.29, 0.717) is 17.6 Å². The normalized spacial score (nSPS) is 14.6. The summed E-state index contributed by atoms with van der Waals surface area (Å²) >= 11 is 0. The van der Waals surface area contributed by atoms with Crippen molar-refractivity contribution < 1.29 is 23.1 Å². The van der Waals surface area contributed by atoms with Crippen LogP contribution in [0.4, 0.5) is 25.0 Å². The lowest BCUT2D eigenvalue weighted by Crippen LogP contribution is -2.48. The molecule has 1 saturated heterocycles. The third-order valence-electron chi connectivity index (χ3n) is 7.18. The van der Waals surface area contributed by atoms with Crippen molar-refractivity contribution in [2.75, 3.05) is 29.9 Å². The number of carbonyl (C=O) groups is 2. The summed E-state index contributed by atoms with van der Waals surface area (Å²) in [4.78, 5) is 34.0. The molecule has 0 unspecified atom stereocenters. The van der Waals surface area contributed by atoms with Gasteiger partial charge in [0.25, 0.3) is 5.91 Å². The molecule has 10 nitrogen and oxygen atoms in total. The van der Waals surface area contributed by atoms with Gasteiger partial charge in [0, 0.05) is 68.5 Å². The molecule has 1 aromatic carbocycles. The van der Waals surface area contributed by atoms with Crippen molar-refractivity contribution in [3.8, 4) is 0 Å². The molecule has 218 valence electrons. The van der Waals surface area contributed by atoms with Crippen LogP contribution in [0.15, 0.2) is 36.8 Å². The number of hydrogen-bond acceptors (Lipinski definition) is 6. The van der Waals surface area contributed by atoms with E-state index >= 15 is 0 Å². The summed E-state index contributed by atoms with van der Waals surface area (Å²) < 4.78 is 36.2. The third-order valence-corrected chi connectivity index (χ3v) is 7.18. The van der Waals surface area contributed by atoms with Crippen molar-refractivity contribution in [1.29, 1.82) is 0 Å². The zero-order valence-electron chi connectivity index (χ0n) is 23.9. The Kier molecular flexibility index (Phi) is 7.58. The molecule has 4 aromatic rings. The number of halogens is 2. The number of fused-ring (bicyclic) bond motifs is 2. The molecular formula is C29H35F2N7O3. The highest BCUT2D eigenvalue weighted by Gasteiger charge is 2.31. The average molecular weight is 568 g/mol. The van der Waals surface area contributed by atoms with Crippen LogP contribution in [0.1, 0.15) is 56.6 Å². The number of anilines is 2. The first-order chi connectivity index (χ1) is 19.5. The van der Waals surface area contributed by atoms with E-state index in [1.165, 1.54) is 16.8 Å². The fraction of sp³-hybridized carbons (Fsp3) is 0.448. The maximum absolute atomic E-state index is 14.6. The number of nitrogens with zero attached hydrogens (tertiary/aromatic N) is 6. The van der Waals surface area contributed by atoms with Crippen molar-refractivity contribution >= 4 is 39.9 Å². The van der Waals surface area contributed by atoms with Gasteiger partial charge < -0.3 is 24.3 Å². The minimum absolute atomic E-state index is 0.0101. The number of imidazole rings is 1. The predicted molar refractivity (Wildman–Crippen MR) is 152 cm³/mol. The second kappa shape index (κ2) is 11.0. The van der Waals surface area contributed by atoms with Gasteiger partial charge in [-0.3, -0.25) is 9.48 Å². The van der Waals surface area contributed by atoms with Gasteiger partial charge in [-0.1, -0.05) is 0 Å². The lowest BCUT2D eigenvalue weighted by molar-refractivity contribution is 0.0149. The number of amides is 2. The maximum Gasteiger partial charge on any atom is 0.410 e. The first-order valence-corrected chi connectivity index (χ1v) is 13.7. The molecule has 5 rings (SSSR count). The van der Waals surface area contributed by atoms with Crippen LogP contribution in [0, 0.1) is 5.82 Å². The fourth-order valence-electron chi connectivity index (χ4n) is 5.38. The highest BCUT2D eigenvalue weighted by Crippen LogP contribution is 2.32. The Bertz CT molecular complexity index is 1600. The Labute approximate surface area is 236 Å². The van der Waals surface area contributed by atoms with Crippen LogP contribution in [0.2, 0.25) is 0 Å². The first kappa shape index (κ1) is 28.3. The molecule has 4 heterocycles. The number of nitrogens with one attached hydrogen (secondary N) is 1. The highest BCUT2D eigenvalue weighted by atomic mass is 19.1. The number of rotatable bonds is 6. The number of aryl methyl sites for hydroxylation is 1. The SMILES string of the molecule is CCN(C(=O)OC(C)(C)C)C1CCN(c2ccc(C(=O)Nc3cc(F)c4nc(CF)cn4c3)c3nn(C)cc23)CC1. The lowest BCUT2D eigenvalue weighted by Gasteiger charge is -2.39. The quantitative estimate of drug-likeness (QED) is 0.339. The van der Waals surface area contributed by atoms with Crippen molar-refractivity contribution in [3.05, 3.63) is 53.9 Å². The number of ether oxygens (including phenoxy) is 1. The molecular weight excluding hydrogens is 532 g/mol. The summed E-state index contributed by atoms with van der Waals surface area (Å²) in [6, 6.07) is 4.86. The van der Waals surface area contributed by atoms with Gasteiger partial charge in [0.05, 0.1) is 16.9 Å². The van der Waals surface area contributed by atoms with Crippen LogP contribution in [-0.2, 0) is 18.5 Å². The van der Waals surface area contributed by atoms with Crippen LogP contribution in [0.5, 0.6) is 0 Å². The van der Waals surface area contributed by atoms with Crippen LogP contribution in [0.3, 0.4) is 0 Å². The van der Waals surface area contributed by atoms with Gasteiger partial charge in [0.15, 0.2) is 11.5 Å². The molecule has 3 aromatic heterocycles. The molecule has 0 aliphatic carbocycles. The second-order valence-electron chi connectivity index (χ2n) is 11.3. The number of piperidine rings is 1. The van der Waals surface area contributed by atoms with E-state index in [2.05, 4.69) is 20.3 Å². The van der Waals surface area contributed by atoms with Gasteiger partial charge in [-0.15, -0.1) is 0 Å². The number of hydrogen-bond donors (Lipinski definition) is 1. The molecule has 1 N–H and O–H groups in total. The zero-order valence-corrected chi connectivity index (χ0v) is 23.9. The molecule has 12 heteroatoms. The van der Waals surface area contributed by atoms with E-state index in [9.17, 15) is 18.4 Å². The van der Waals surface area contributed by atoms with Crippen LogP contribution in [0.25, 0.3) is 16.6 Å². The van der Waals surface area contributed by atoms with E-state index in [1.807, 2.05) is 40.0 Å². The van der Waals surface area contributed by atoms with E-state index in [1.54, 1.807) is 22.7 Å². The summed E-state index contributed by atoms with van der Waals surface area (Å²) in [7, 11) is 1.79. The van der Waals surface area contributed by atoms with Crippen molar-refractivity contribution in [3.63, 3.8) is 0 Å². The summed E-state index contributed by atoms with van der Waals surface area (Å²) in [6.07, 6.45) is 6.03. The fourth-order valence-corrected chi connectivity index (χ4v) is 5.38. The molecule has 0 spiro atoms. The second-order valence-corrected chi connectivity index (χ2v) is 11.3. The van der Waals surface area contributed by atoms with Gasteiger partial charge in [0.2, 0.25) is 0 Å². The first-order valence-electron chi connectivity index (χ1n) is 13.7. The summed E-state index contributed by atoms with van der Waals surface area (Å²) in [5.74, 6) is -1.11. The standard InChI is InChI=1S/C29H35F2N7O3/c1-6-38(28(40)41-29(2,3)4)20-9-11-36(12-10-20)24-8-7-21(25-22(24)17-35(5)34-25)27(39)33-18-13-23(31)26-32-19(14-30)16-37(26)15-18/h7-8,13,15-17,20H,6,9-12,14H2,1-5H3,(H,33,39). The number of aromatic nitrogens is 4. The van der Waals surface area contributed by atoms with Gasteiger partial charge in [-0.05, 0) is 52.7 Å². The minimum Gasteiger partial charge on any atom is -0.444 e. The molecule has 0 bridgehead atoms. The van der Waals surface area contributed by atoms with Gasteiger partial charge in [-0.2, -0.15) is 5.10 Å². The molecule has 2 amide bonds. The smallest absolute Gasteiger partial charge is 0.410 e. The Balaban J connectivity index is 1.34. The average Bonchev–Trinajstić information content (AvgIpc) is 3.51. The van der Waals surface area contributed by atoms with E-state index in [4.69, 9.17) is 4.74 Å². The lowest BCUT2D eigenvalue weighted by atomic mass is 10.0. The van der Waals surface area contributed by atoms with E-state index < -0.39 is 24.0 Å². The van der Waals surface area contributed by atoms with Gasteiger partial charge in [-0.25, -0.2) is 18.6 Å². The van der Waals surface area contributed by atoms with Crippen LogP contribution < -0.4 is 10.2 Å². The van der Waals surface area contributed by atoms with Crippen LogP contribution in [-0.4, -0.2) is 67.3 Å². The van der Waals surface area contributed by atoms with Gasteiger partial charge in [0.1, 0.15) is 17.8 Å². The molecule has 1 aliphatic heterocycles. The molecule has 1 aliphatic rings. The van der Waals surface area contributed by atoms with E-state index in [-0.39, 0.29) is 29.2 Å². The summed E-state index contributed by atoms with van der Waals surface area (Å²) in [6.45, 7) is 8.77. The molecule has 41 heavy (non-hydrogen) atoms. The topological polar surface area (TPSA) is 97.0 Å². The molecule has 0 atom stereocenters. The number of carbonyl (C=O) groups excluding carboxylic acids is 2. The maximum atomic E-state index is 14.6. The zero-order chi connectivity index (χ0) is 29.5. The Morgan fingerprint density at radius 3 is 2.56 bits per heavy atom. The van der Waals surface area contributed by atoms with Gasteiger partial charge >= 0.3 is 6.09 Å². The van der Waals surface area contributed by atoms with Crippen molar-refractivity contribution in [2.45, 2.75) is 58.9 Å². The van der Waals surface area contributed by atoms with Crippen molar-refractivity contribution in [2.24, 2.45) is 7.05 Å². The van der Waals surface area contributed by atoms with Crippen LogP contribution >= 0.6 is 0 Å². The Morgan fingerprint density at radius 1 is 1.17 bits per heavy atom. The monoisotopic (exact) mass is 567 g/mol. The summed E-state index contributed by atoms with van der Waals surface area (Å²) in [5.41, 5.74) is 1.58. The Morgan fingerprint density at radius 2 is 1.90 bits per heavy atom. The third kappa shape index (κ3) is 5.82. The Hall–Kier alpha value is -4.22. The number of alkyl halides is 1. The van der Waals surface area contributed by atoms with E-state index in [0.717, 1.165) is 43.1 Å². The van der Waals surface area contributed by atoms with Crippen molar-refractivity contribution in [1.82, 2.24) is 24.1 Å². The number of pyridine rings is 1. The highest BCUT2D eigenvalue weighted by molar-refractivity contribution is 6.13. The predicted octanol–water partition coefficient (Wildman–Crippen LogP) is 5.31. The molecule has 0 radical (unpaired) electrons. The molecule has 1 fully saturated rings. The minimum atomic E-state index is -0.814. The number of benzene rings is 1.